The van der Waals surface area contributed by atoms with E-state index in [2.05, 4.69) is 0 Å². The maximum absolute atomic E-state index is 12.3. The van der Waals surface area contributed by atoms with E-state index in [9.17, 15) is 18.0 Å². The van der Waals surface area contributed by atoms with E-state index in [0.717, 1.165) is 18.4 Å². The minimum atomic E-state index is -4.30. The third-order valence-electron chi connectivity index (χ3n) is 4.05. The number of carbonyl (C=O) groups excluding carboxylic acids is 1. The standard InChI is InChI=1S/C16H19F3O2S/c1-21-15(20)14(10-11-4-2-3-5-11)12-6-8-13(9-7-12)22-16(17,18)19/h6-9,11,14H,2-5,10H2,1H3. The Bertz CT molecular complexity index is 493. The Kier molecular flexibility index (Phi) is 5.78. The molecule has 0 heterocycles. The summed E-state index contributed by atoms with van der Waals surface area (Å²) < 4.78 is 41.9. The van der Waals surface area contributed by atoms with Gasteiger partial charge < -0.3 is 4.74 Å². The predicted molar refractivity (Wildman–Crippen MR) is 79.7 cm³/mol. The molecule has 1 aliphatic rings. The van der Waals surface area contributed by atoms with E-state index < -0.39 is 11.4 Å². The molecular formula is C16H19F3O2S. The van der Waals surface area contributed by atoms with Gasteiger partial charge in [-0.2, -0.15) is 13.2 Å². The summed E-state index contributed by atoms with van der Waals surface area (Å²) in [6.07, 6.45) is 5.28. The Balaban J connectivity index is 2.11. The molecule has 122 valence electrons. The highest BCUT2D eigenvalue weighted by atomic mass is 32.2. The lowest BCUT2D eigenvalue weighted by molar-refractivity contribution is -0.142. The fourth-order valence-corrected chi connectivity index (χ4v) is 3.53. The van der Waals surface area contributed by atoms with E-state index in [0.29, 0.717) is 12.3 Å². The molecular weight excluding hydrogens is 313 g/mol. The van der Waals surface area contributed by atoms with Crippen LogP contribution < -0.4 is 0 Å². The van der Waals surface area contributed by atoms with Crippen LogP contribution in [-0.2, 0) is 9.53 Å². The second-order valence-corrected chi connectivity index (χ2v) is 6.72. The van der Waals surface area contributed by atoms with E-state index in [1.807, 2.05) is 0 Å². The van der Waals surface area contributed by atoms with Gasteiger partial charge in [0.15, 0.2) is 0 Å². The highest BCUT2D eigenvalue weighted by Gasteiger charge is 2.30. The monoisotopic (exact) mass is 332 g/mol. The topological polar surface area (TPSA) is 26.3 Å². The van der Waals surface area contributed by atoms with Gasteiger partial charge in [-0.15, -0.1) is 0 Å². The fourth-order valence-electron chi connectivity index (χ4n) is 2.99. The fraction of sp³-hybridized carbons (Fsp3) is 0.562. The molecule has 0 spiro atoms. The number of carbonyl (C=O) groups is 1. The van der Waals surface area contributed by atoms with Crippen LogP contribution in [0.15, 0.2) is 29.2 Å². The van der Waals surface area contributed by atoms with E-state index in [1.165, 1.54) is 32.1 Å². The van der Waals surface area contributed by atoms with Crippen molar-refractivity contribution in [3.05, 3.63) is 29.8 Å². The zero-order valence-electron chi connectivity index (χ0n) is 12.4. The first-order valence-corrected chi connectivity index (χ1v) is 8.14. The molecule has 1 aliphatic carbocycles. The summed E-state index contributed by atoms with van der Waals surface area (Å²) >= 11 is -0.148. The molecule has 1 atom stereocenters. The van der Waals surface area contributed by atoms with Crippen LogP contribution in [0.2, 0.25) is 0 Å². The molecule has 0 N–H and O–H groups in total. The minimum absolute atomic E-state index is 0.126. The number of halogens is 3. The summed E-state index contributed by atoms with van der Waals surface area (Å²) in [6.45, 7) is 0. The second-order valence-electron chi connectivity index (χ2n) is 5.58. The van der Waals surface area contributed by atoms with Gasteiger partial charge in [-0.25, -0.2) is 0 Å². The maximum Gasteiger partial charge on any atom is 0.446 e. The molecule has 1 saturated carbocycles. The van der Waals surface area contributed by atoms with Gasteiger partial charge in [0.1, 0.15) is 0 Å². The van der Waals surface area contributed by atoms with Crippen molar-refractivity contribution in [2.45, 2.75) is 48.4 Å². The van der Waals surface area contributed by atoms with Crippen molar-refractivity contribution in [3.8, 4) is 0 Å². The van der Waals surface area contributed by atoms with E-state index in [-0.39, 0.29) is 22.6 Å². The quantitative estimate of drug-likeness (QED) is 0.552. The van der Waals surface area contributed by atoms with Crippen molar-refractivity contribution in [1.82, 2.24) is 0 Å². The third-order valence-corrected chi connectivity index (χ3v) is 4.78. The lowest BCUT2D eigenvalue weighted by atomic mass is 9.88. The van der Waals surface area contributed by atoms with Gasteiger partial charge in [0.2, 0.25) is 0 Å². The molecule has 22 heavy (non-hydrogen) atoms. The number of methoxy groups -OCH3 is 1. The van der Waals surface area contributed by atoms with Gasteiger partial charge in [-0.3, -0.25) is 4.79 Å². The van der Waals surface area contributed by atoms with Crippen molar-refractivity contribution in [2.75, 3.05) is 7.11 Å². The molecule has 0 aromatic heterocycles. The Morgan fingerprint density at radius 3 is 2.36 bits per heavy atom. The predicted octanol–water partition coefficient (Wildman–Crippen LogP) is 5.14. The van der Waals surface area contributed by atoms with E-state index in [1.54, 1.807) is 12.1 Å². The molecule has 0 amide bonds. The lowest BCUT2D eigenvalue weighted by Gasteiger charge is -2.19. The van der Waals surface area contributed by atoms with Crippen molar-refractivity contribution >= 4 is 17.7 Å². The first kappa shape index (κ1) is 17.2. The summed E-state index contributed by atoms with van der Waals surface area (Å²) in [5.41, 5.74) is -3.57. The zero-order valence-corrected chi connectivity index (χ0v) is 13.2. The smallest absolute Gasteiger partial charge is 0.446 e. The molecule has 0 radical (unpaired) electrons. The van der Waals surface area contributed by atoms with Gasteiger partial charge in [-0.05, 0) is 41.8 Å². The molecule has 6 heteroatoms. The zero-order chi connectivity index (χ0) is 16.2. The van der Waals surface area contributed by atoms with Gasteiger partial charge in [0.25, 0.3) is 0 Å². The number of benzene rings is 1. The number of hydrogen-bond donors (Lipinski definition) is 0. The van der Waals surface area contributed by atoms with Crippen LogP contribution in [-0.4, -0.2) is 18.6 Å². The van der Waals surface area contributed by atoms with Crippen LogP contribution in [0, 0.1) is 5.92 Å². The van der Waals surface area contributed by atoms with Crippen molar-refractivity contribution in [3.63, 3.8) is 0 Å². The summed E-state index contributed by atoms with van der Waals surface area (Å²) in [7, 11) is 1.35. The first-order chi connectivity index (χ1) is 10.4. The lowest BCUT2D eigenvalue weighted by Crippen LogP contribution is -2.17. The van der Waals surface area contributed by atoms with Crippen LogP contribution in [0.25, 0.3) is 0 Å². The normalized spacial score (nSPS) is 17.5. The molecule has 0 saturated heterocycles. The van der Waals surface area contributed by atoms with E-state index >= 15 is 0 Å². The van der Waals surface area contributed by atoms with Gasteiger partial charge in [0, 0.05) is 4.90 Å². The summed E-state index contributed by atoms with van der Waals surface area (Å²) in [5.74, 6) is -0.213. The third kappa shape index (κ3) is 4.93. The maximum atomic E-state index is 12.3. The van der Waals surface area contributed by atoms with Gasteiger partial charge in [-0.1, -0.05) is 37.8 Å². The van der Waals surface area contributed by atoms with Crippen LogP contribution in [0.5, 0.6) is 0 Å². The number of ether oxygens (including phenoxy) is 1. The molecule has 2 nitrogen and oxygen atoms in total. The van der Waals surface area contributed by atoms with Crippen LogP contribution in [0.1, 0.15) is 43.6 Å². The molecule has 2 rings (SSSR count). The molecule has 1 unspecified atom stereocenters. The molecule has 0 bridgehead atoms. The van der Waals surface area contributed by atoms with Crippen molar-refractivity contribution in [2.24, 2.45) is 5.92 Å². The number of rotatable bonds is 5. The van der Waals surface area contributed by atoms with Crippen LogP contribution >= 0.6 is 11.8 Å². The van der Waals surface area contributed by atoms with E-state index in [4.69, 9.17) is 4.74 Å². The highest BCUT2D eigenvalue weighted by molar-refractivity contribution is 8.00. The summed E-state index contributed by atoms with van der Waals surface area (Å²) in [4.78, 5) is 12.1. The van der Waals surface area contributed by atoms with Crippen molar-refractivity contribution < 1.29 is 22.7 Å². The van der Waals surface area contributed by atoms with Gasteiger partial charge in [0.05, 0.1) is 13.0 Å². The number of alkyl halides is 3. The Labute approximate surface area is 132 Å². The first-order valence-electron chi connectivity index (χ1n) is 7.32. The molecule has 0 aliphatic heterocycles. The molecule has 1 aromatic carbocycles. The summed E-state index contributed by atoms with van der Waals surface area (Å²) in [5, 5.41) is 0. The Hall–Kier alpha value is -1.17. The minimum Gasteiger partial charge on any atom is -0.469 e. The highest BCUT2D eigenvalue weighted by Crippen LogP contribution is 2.38. The average molecular weight is 332 g/mol. The number of hydrogen-bond acceptors (Lipinski definition) is 3. The van der Waals surface area contributed by atoms with Gasteiger partial charge >= 0.3 is 11.5 Å². The number of esters is 1. The summed E-state index contributed by atoms with van der Waals surface area (Å²) in [6, 6.07) is 6.03. The average Bonchev–Trinajstić information content (AvgIpc) is 2.96. The second kappa shape index (κ2) is 7.40. The Morgan fingerprint density at radius 2 is 1.86 bits per heavy atom. The molecule has 1 fully saturated rings. The van der Waals surface area contributed by atoms with Crippen LogP contribution in [0.3, 0.4) is 0 Å². The van der Waals surface area contributed by atoms with Crippen LogP contribution in [0.4, 0.5) is 13.2 Å². The largest absolute Gasteiger partial charge is 0.469 e. The van der Waals surface area contributed by atoms with Crippen molar-refractivity contribution in [1.29, 1.82) is 0 Å². The SMILES string of the molecule is COC(=O)C(CC1CCCC1)c1ccc(SC(F)(F)F)cc1. The molecule has 1 aromatic rings. The Morgan fingerprint density at radius 1 is 1.27 bits per heavy atom. The number of thioether (sulfide) groups is 1.